The molecule has 0 aromatic carbocycles. The summed E-state index contributed by atoms with van der Waals surface area (Å²) in [4.78, 5) is 14.7. The van der Waals surface area contributed by atoms with Crippen LogP contribution in [-0.4, -0.2) is 35.3 Å². The van der Waals surface area contributed by atoms with E-state index in [0.29, 0.717) is 25.3 Å². The average Bonchev–Trinajstić information content (AvgIpc) is 2.75. The molecule has 2 unspecified atom stereocenters. The van der Waals surface area contributed by atoms with Crippen LogP contribution in [0.1, 0.15) is 6.42 Å². The Morgan fingerprint density at radius 3 is 3.12 bits per heavy atom. The quantitative estimate of drug-likeness (QED) is 0.877. The third kappa shape index (κ3) is 3.41. The Morgan fingerprint density at radius 1 is 1.65 bits per heavy atom. The highest BCUT2D eigenvalue weighted by Crippen LogP contribution is 2.19. The van der Waals surface area contributed by atoms with Gasteiger partial charge in [0, 0.05) is 23.1 Å². The number of halogens is 1. The number of pyridine rings is 1. The van der Waals surface area contributed by atoms with Crippen molar-refractivity contribution >= 4 is 21.9 Å². The molecule has 0 amide bonds. The standard InChI is InChI=1S/C11H13BrN2O3/c12-8-2-9(5-13-4-8)17-6-7-1-10(11(15)16)14-3-7/h2,4-5,7,10,14H,1,3,6H2,(H,15,16). The first-order valence-corrected chi connectivity index (χ1v) is 6.14. The van der Waals surface area contributed by atoms with Gasteiger partial charge in [0.15, 0.2) is 0 Å². The van der Waals surface area contributed by atoms with Crippen LogP contribution in [0.4, 0.5) is 0 Å². The van der Waals surface area contributed by atoms with Crippen molar-refractivity contribution in [2.45, 2.75) is 12.5 Å². The molecule has 0 radical (unpaired) electrons. The highest BCUT2D eigenvalue weighted by Gasteiger charge is 2.29. The lowest BCUT2D eigenvalue weighted by Crippen LogP contribution is -2.29. The molecule has 1 aromatic heterocycles. The SMILES string of the molecule is O=C(O)C1CC(COc2cncc(Br)c2)CN1. The number of hydrogen-bond donors (Lipinski definition) is 2. The van der Waals surface area contributed by atoms with Crippen LogP contribution in [0.2, 0.25) is 0 Å². The van der Waals surface area contributed by atoms with E-state index in [0.717, 1.165) is 4.47 Å². The van der Waals surface area contributed by atoms with Crippen molar-refractivity contribution in [3.05, 3.63) is 22.9 Å². The summed E-state index contributed by atoms with van der Waals surface area (Å²) in [6.07, 6.45) is 3.93. The molecule has 92 valence electrons. The summed E-state index contributed by atoms with van der Waals surface area (Å²) >= 11 is 3.31. The number of hydrogen-bond acceptors (Lipinski definition) is 4. The Bertz CT molecular complexity index is 413. The van der Waals surface area contributed by atoms with Crippen molar-refractivity contribution < 1.29 is 14.6 Å². The fraction of sp³-hybridized carbons (Fsp3) is 0.455. The van der Waals surface area contributed by atoms with Gasteiger partial charge in [0.1, 0.15) is 11.8 Å². The van der Waals surface area contributed by atoms with Gasteiger partial charge in [-0.15, -0.1) is 0 Å². The van der Waals surface area contributed by atoms with Gasteiger partial charge in [0.25, 0.3) is 0 Å². The largest absolute Gasteiger partial charge is 0.492 e. The zero-order valence-corrected chi connectivity index (χ0v) is 10.7. The van der Waals surface area contributed by atoms with Crippen molar-refractivity contribution in [1.29, 1.82) is 0 Å². The third-order valence-corrected chi connectivity index (χ3v) is 3.12. The lowest BCUT2D eigenvalue weighted by molar-refractivity contribution is -0.139. The molecule has 1 aliphatic heterocycles. The highest BCUT2D eigenvalue weighted by atomic mass is 79.9. The number of ether oxygens (including phenoxy) is 1. The second-order valence-electron chi connectivity index (χ2n) is 4.05. The van der Waals surface area contributed by atoms with Crippen LogP contribution in [0.5, 0.6) is 5.75 Å². The predicted octanol–water partition coefficient (Wildman–Crippen LogP) is 1.29. The zero-order valence-electron chi connectivity index (χ0n) is 9.10. The van der Waals surface area contributed by atoms with Crippen LogP contribution in [0.15, 0.2) is 22.9 Å². The zero-order chi connectivity index (χ0) is 12.3. The fourth-order valence-corrected chi connectivity index (χ4v) is 2.15. The van der Waals surface area contributed by atoms with Crippen molar-refractivity contribution in [2.75, 3.05) is 13.2 Å². The number of aliphatic carboxylic acids is 1. The molecule has 2 atom stereocenters. The summed E-state index contributed by atoms with van der Waals surface area (Å²) in [6.45, 7) is 1.19. The second kappa shape index (κ2) is 5.46. The monoisotopic (exact) mass is 300 g/mol. The molecule has 0 saturated carbocycles. The molecule has 0 bridgehead atoms. The van der Waals surface area contributed by atoms with E-state index in [-0.39, 0.29) is 5.92 Å². The molecule has 6 heteroatoms. The van der Waals surface area contributed by atoms with Crippen molar-refractivity contribution in [2.24, 2.45) is 5.92 Å². The number of carboxylic acids is 1. The van der Waals surface area contributed by atoms with E-state index < -0.39 is 12.0 Å². The van der Waals surface area contributed by atoms with Gasteiger partial charge in [-0.3, -0.25) is 9.78 Å². The van der Waals surface area contributed by atoms with E-state index >= 15 is 0 Å². The maximum absolute atomic E-state index is 10.7. The molecule has 2 rings (SSSR count). The number of rotatable bonds is 4. The third-order valence-electron chi connectivity index (χ3n) is 2.69. The van der Waals surface area contributed by atoms with Crippen LogP contribution in [-0.2, 0) is 4.79 Å². The summed E-state index contributed by atoms with van der Waals surface area (Å²) in [6, 6.07) is 1.40. The second-order valence-corrected chi connectivity index (χ2v) is 4.97. The van der Waals surface area contributed by atoms with E-state index in [1.165, 1.54) is 0 Å². The number of aromatic nitrogens is 1. The molecule has 5 nitrogen and oxygen atoms in total. The van der Waals surface area contributed by atoms with Crippen LogP contribution in [0, 0.1) is 5.92 Å². The van der Waals surface area contributed by atoms with Crippen molar-refractivity contribution in [1.82, 2.24) is 10.3 Å². The molecule has 0 spiro atoms. The molecular weight excluding hydrogens is 288 g/mol. The van der Waals surface area contributed by atoms with Gasteiger partial charge in [0.05, 0.1) is 12.8 Å². The van der Waals surface area contributed by atoms with Gasteiger partial charge in [-0.25, -0.2) is 0 Å². The molecule has 2 heterocycles. The minimum Gasteiger partial charge on any atom is -0.492 e. The maximum atomic E-state index is 10.7. The van der Waals surface area contributed by atoms with Gasteiger partial charge in [0.2, 0.25) is 0 Å². The Hall–Kier alpha value is -1.14. The number of nitrogens with zero attached hydrogens (tertiary/aromatic N) is 1. The summed E-state index contributed by atoms with van der Waals surface area (Å²) in [5, 5.41) is 11.8. The maximum Gasteiger partial charge on any atom is 0.320 e. The van der Waals surface area contributed by atoms with E-state index in [2.05, 4.69) is 26.2 Å². The van der Waals surface area contributed by atoms with Gasteiger partial charge >= 0.3 is 5.97 Å². The van der Waals surface area contributed by atoms with Crippen LogP contribution < -0.4 is 10.1 Å². The summed E-state index contributed by atoms with van der Waals surface area (Å²) in [7, 11) is 0. The van der Waals surface area contributed by atoms with Gasteiger partial charge < -0.3 is 15.2 Å². The van der Waals surface area contributed by atoms with Gasteiger partial charge in [-0.05, 0) is 28.4 Å². The van der Waals surface area contributed by atoms with Crippen LogP contribution in [0.25, 0.3) is 0 Å². The number of nitrogens with one attached hydrogen (secondary N) is 1. The average molecular weight is 301 g/mol. The predicted molar refractivity (Wildman–Crippen MR) is 65.0 cm³/mol. The van der Waals surface area contributed by atoms with E-state index in [1.807, 2.05) is 6.07 Å². The molecule has 1 aliphatic rings. The topological polar surface area (TPSA) is 71.5 Å². The lowest BCUT2D eigenvalue weighted by Gasteiger charge is -2.10. The minimum atomic E-state index is -0.795. The Labute approximate surface area is 107 Å². The number of carbonyl (C=O) groups is 1. The first kappa shape index (κ1) is 12.3. The highest BCUT2D eigenvalue weighted by molar-refractivity contribution is 9.10. The normalized spacial score (nSPS) is 23.6. The van der Waals surface area contributed by atoms with E-state index in [1.54, 1.807) is 12.4 Å². The molecule has 0 aliphatic carbocycles. The molecule has 1 fully saturated rings. The van der Waals surface area contributed by atoms with E-state index in [9.17, 15) is 4.79 Å². The summed E-state index contributed by atoms with van der Waals surface area (Å²) < 4.78 is 6.44. The Morgan fingerprint density at radius 2 is 2.47 bits per heavy atom. The molecule has 1 aromatic rings. The Balaban J connectivity index is 1.82. The number of carboxylic acid groups (broad SMARTS) is 1. The molecule has 2 N–H and O–H groups in total. The summed E-state index contributed by atoms with van der Waals surface area (Å²) in [5.74, 6) is 0.129. The van der Waals surface area contributed by atoms with Crippen molar-refractivity contribution in [3.63, 3.8) is 0 Å². The Kier molecular flexibility index (Phi) is 3.96. The summed E-state index contributed by atoms with van der Waals surface area (Å²) in [5.41, 5.74) is 0. The first-order valence-electron chi connectivity index (χ1n) is 5.34. The van der Waals surface area contributed by atoms with E-state index in [4.69, 9.17) is 9.84 Å². The van der Waals surface area contributed by atoms with Gasteiger partial charge in [-0.1, -0.05) is 0 Å². The molecular formula is C11H13BrN2O3. The smallest absolute Gasteiger partial charge is 0.320 e. The van der Waals surface area contributed by atoms with Crippen LogP contribution in [0.3, 0.4) is 0 Å². The van der Waals surface area contributed by atoms with Gasteiger partial charge in [-0.2, -0.15) is 0 Å². The minimum absolute atomic E-state index is 0.232. The first-order chi connectivity index (χ1) is 8.15. The lowest BCUT2D eigenvalue weighted by atomic mass is 10.1. The molecule has 17 heavy (non-hydrogen) atoms. The molecule has 1 saturated heterocycles. The fourth-order valence-electron chi connectivity index (χ4n) is 1.81. The van der Waals surface area contributed by atoms with Crippen LogP contribution >= 0.6 is 15.9 Å². The van der Waals surface area contributed by atoms with Crippen molar-refractivity contribution in [3.8, 4) is 5.75 Å².